The average Bonchev–Trinajstić information content (AvgIpc) is 2.66. The first-order valence-corrected chi connectivity index (χ1v) is 4.75. The molecule has 0 aromatic rings. The molecule has 0 atom stereocenters. The van der Waals surface area contributed by atoms with Crippen LogP contribution in [-0.4, -0.2) is 32.2 Å². The molecule has 0 bridgehead atoms. The van der Waals surface area contributed by atoms with Crippen molar-refractivity contribution in [2.24, 2.45) is 0 Å². The van der Waals surface area contributed by atoms with Crippen LogP contribution in [0.1, 0.15) is 26.2 Å². The molecule has 2 N–H and O–H groups in total. The minimum atomic E-state index is -0.105. The van der Waals surface area contributed by atoms with Gasteiger partial charge in [0, 0.05) is 6.42 Å². The van der Waals surface area contributed by atoms with Crippen molar-refractivity contribution < 1.29 is 14.3 Å². The van der Waals surface area contributed by atoms with E-state index in [1.165, 1.54) is 7.11 Å². The Morgan fingerprint density at radius 1 is 1.57 bits per heavy atom. The SMILES string of the molecule is CCCCC(=O)OC.O=C1CNCN1. The van der Waals surface area contributed by atoms with Crippen LogP contribution in [0, 0.1) is 0 Å². The lowest BCUT2D eigenvalue weighted by molar-refractivity contribution is -0.140. The van der Waals surface area contributed by atoms with Crippen LogP contribution in [0.2, 0.25) is 0 Å². The van der Waals surface area contributed by atoms with E-state index in [0.717, 1.165) is 12.8 Å². The van der Waals surface area contributed by atoms with Gasteiger partial charge < -0.3 is 10.1 Å². The van der Waals surface area contributed by atoms with E-state index in [4.69, 9.17) is 0 Å². The van der Waals surface area contributed by atoms with Gasteiger partial charge in [0.05, 0.1) is 20.3 Å². The zero-order valence-corrected chi connectivity index (χ0v) is 8.76. The number of rotatable bonds is 3. The standard InChI is InChI=1S/C6H12O2.C3H6N2O/c1-3-4-5-6(7)8-2;6-3-1-4-2-5-3/h3-5H2,1-2H3;4H,1-2H2,(H,5,6). The highest BCUT2D eigenvalue weighted by Gasteiger charge is 2.03. The van der Waals surface area contributed by atoms with E-state index in [9.17, 15) is 9.59 Å². The first kappa shape index (κ1) is 12.9. The topological polar surface area (TPSA) is 67.4 Å². The van der Waals surface area contributed by atoms with Crippen molar-refractivity contribution in [3.8, 4) is 0 Å². The van der Waals surface area contributed by atoms with Crippen LogP contribution in [0.5, 0.6) is 0 Å². The molecule has 5 nitrogen and oxygen atoms in total. The summed E-state index contributed by atoms with van der Waals surface area (Å²) >= 11 is 0. The maximum atomic E-state index is 10.3. The number of esters is 1. The second kappa shape index (κ2) is 8.50. The molecule has 1 amide bonds. The Labute approximate surface area is 84.2 Å². The Morgan fingerprint density at radius 2 is 2.29 bits per heavy atom. The van der Waals surface area contributed by atoms with Gasteiger partial charge in [-0.2, -0.15) is 0 Å². The summed E-state index contributed by atoms with van der Waals surface area (Å²) in [4.78, 5) is 20.4. The van der Waals surface area contributed by atoms with E-state index >= 15 is 0 Å². The molecular weight excluding hydrogens is 184 g/mol. The minimum absolute atomic E-state index is 0.0926. The molecule has 82 valence electrons. The lowest BCUT2D eigenvalue weighted by Crippen LogP contribution is -2.14. The number of nitrogens with one attached hydrogen (secondary N) is 2. The Bertz CT molecular complexity index is 175. The molecule has 0 aromatic heterocycles. The molecule has 1 aliphatic heterocycles. The lowest BCUT2D eigenvalue weighted by atomic mass is 10.3. The molecule has 0 radical (unpaired) electrons. The fourth-order valence-electron chi connectivity index (χ4n) is 0.823. The highest BCUT2D eigenvalue weighted by Crippen LogP contribution is 1.94. The second-order valence-electron chi connectivity index (χ2n) is 2.88. The molecule has 5 heteroatoms. The van der Waals surface area contributed by atoms with Gasteiger partial charge >= 0.3 is 5.97 Å². The van der Waals surface area contributed by atoms with Crippen LogP contribution in [0.4, 0.5) is 0 Å². The van der Waals surface area contributed by atoms with Crippen LogP contribution in [0.25, 0.3) is 0 Å². The van der Waals surface area contributed by atoms with E-state index in [2.05, 4.69) is 15.4 Å². The first-order valence-electron chi connectivity index (χ1n) is 4.75. The number of hydrogen-bond acceptors (Lipinski definition) is 4. The number of methoxy groups -OCH3 is 1. The van der Waals surface area contributed by atoms with Crippen molar-refractivity contribution >= 4 is 11.9 Å². The van der Waals surface area contributed by atoms with E-state index in [0.29, 0.717) is 19.6 Å². The summed E-state index contributed by atoms with van der Waals surface area (Å²) in [7, 11) is 1.41. The van der Waals surface area contributed by atoms with E-state index < -0.39 is 0 Å². The summed E-state index contributed by atoms with van der Waals surface area (Å²) in [5, 5.41) is 5.38. The van der Waals surface area contributed by atoms with Crippen molar-refractivity contribution in [1.82, 2.24) is 10.6 Å². The van der Waals surface area contributed by atoms with Gasteiger partial charge in [-0.3, -0.25) is 14.9 Å². The summed E-state index contributed by atoms with van der Waals surface area (Å²) in [6.07, 6.45) is 2.55. The molecule has 1 aliphatic rings. The predicted octanol–water partition coefficient (Wildman–Crippen LogP) is 0.0129. The highest BCUT2D eigenvalue weighted by molar-refractivity contribution is 5.79. The molecule has 14 heavy (non-hydrogen) atoms. The van der Waals surface area contributed by atoms with Crippen molar-refractivity contribution in [1.29, 1.82) is 0 Å². The zero-order valence-electron chi connectivity index (χ0n) is 8.76. The number of hydrogen-bond donors (Lipinski definition) is 2. The molecule has 1 fully saturated rings. The van der Waals surface area contributed by atoms with Crippen LogP contribution in [0.15, 0.2) is 0 Å². The van der Waals surface area contributed by atoms with Crippen LogP contribution >= 0.6 is 0 Å². The van der Waals surface area contributed by atoms with Gasteiger partial charge in [-0.1, -0.05) is 13.3 Å². The smallest absolute Gasteiger partial charge is 0.305 e. The van der Waals surface area contributed by atoms with Crippen molar-refractivity contribution in [2.45, 2.75) is 26.2 Å². The van der Waals surface area contributed by atoms with Crippen molar-refractivity contribution in [3.63, 3.8) is 0 Å². The Balaban J connectivity index is 0.000000249. The normalized spacial score (nSPS) is 14.0. The van der Waals surface area contributed by atoms with E-state index in [1.54, 1.807) is 0 Å². The van der Waals surface area contributed by atoms with Crippen molar-refractivity contribution in [3.05, 3.63) is 0 Å². The first-order chi connectivity index (χ1) is 6.70. The minimum Gasteiger partial charge on any atom is -0.469 e. The summed E-state index contributed by atoms with van der Waals surface area (Å²) in [5.41, 5.74) is 0. The third-order valence-electron chi connectivity index (χ3n) is 1.66. The van der Waals surface area contributed by atoms with Crippen molar-refractivity contribution in [2.75, 3.05) is 20.3 Å². The number of carbonyl (C=O) groups excluding carboxylic acids is 2. The van der Waals surface area contributed by atoms with Crippen LogP contribution in [-0.2, 0) is 14.3 Å². The van der Waals surface area contributed by atoms with E-state index in [1.807, 2.05) is 6.92 Å². The average molecular weight is 202 g/mol. The van der Waals surface area contributed by atoms with Gasteiger partial charge in [-0.25, -0.2) is 0 Å². The Morgan fingerprint density at radius 3 is 2.57 bits per heavy atom. The van der Waals surface area contributed by atoms with Crippen LogP contribution in [0.3, 0.4) is 0 Å². The fourth-order valence-corrected chi connectivity index (χ4v) is 0.823. The summed E-state index contributed by atoms with van der Waals surface area (Å²) < 4.78 is 4.41. The van der Waals surface area contributed by atoms with Gasteiger partial charge in [0.15, 0.2) is 0 Å². The van der Waals surface area contributed by atoms with Gasteiger partial charge in [-0.15, -0.1) is 0 Å². The molecular formula is C9H18N2O3. The highest BCUT2D eigenvalue weighted by atomic mass is 16.5. The van der Waals surface area contributed by atoms with Gasteiger partial charge in [0.25, 0.3) is 0 Å². The molecule has 0 spiro atoms. The number of carbonyl (C=O) groups is 2. The summed E-state index contributed by atoms with van der Waals surface area (Å²) in [5.74, 6) is -0.0122. The van der Waals surface area contributed by atoms with Gasteiger partial charge in [0.1, 0.15) is 0 Å². The maximum Gasteiger partial charge on any atom is 0.305 e. The maximum absolute atomic E-state index is 10.3. The lowest BCUT2D eigenvalue weighted by Gasteiger charge is -1.93. The molecule has 1 heterocycles. The molecule has 0 saturated carbocycles. The number of amides is 1. The summed E-state index contributed by atoms with van der Waals surface area (Å²) in [6, 6.07) is 0. The second-order valence-corrected chi connectivity index (χ2v) is 2.88. The monoisotopic (exact) mass is 202 g/mol. The molecule has 0 aliphatic carbocycles. The fraction of sp³-hybridized carbons (Fsp3) is 0.778. The Kier molecular flexibility index (Phi) is 7.83. The summed E-state index contributed by atoms with van der Waals surface area (Å²) in [6.45, 7) is 3.17. The third kappa shape index (κ3) is 7.54. The Hall–Kier alpha value is -1.10. The van der Waals surface area contributed by atoms with E-state index in [-0.39, 0.29) is 11.9 Å². The largest absolute Gasteiger partial charge is 0.469 e. The number of unbranched alkanes of at least 4 members (excludes halogenated alkanes) is 1. The zero-order chi connectivity index (χ0) is 10.8. The van der Waals surface area contributed by atoms with Gasteiger partial charge in [0.2, 0.25) is 5.91 Å². The predicted molar refractivity (Wildman–Crippen MR) is 52.6 cm³/mol. The number of ether oxygens (including phenoxy) is 1. The molecule has 1 rings (SSSR count). The molecule has 0 aromatic carbocycles. The molecule has 1 saturated heterocycles. The van der Waals surface area contributed by atoms with Crippen LogP contribution < -0.4 is 10.6 Å². The quantitative estimate of drug-likeness (QED) is 0.633. The van der Waals surface area contributed by atoms with Gasteiger partial charge in [-0.05, 0) is 6.42 Å². The third-order valence-corrected chi connectivity index (χ3v) is 1.66. The molecule has 0 unspecified atom stereocenters.